The Morgan fingerprint density at radius 2 is 2.12 bits per heavy atom. The van der Waals surface area contributed by atoms with Gasteiger partial charge in [-0.05, 0) is 39.3 Å². The summed E-state index contributed by atoms with van der Waals surface area (Å²) in [6.45, 7) is 7.58. The number of fused-ring (bicyclic) bond motifs is 1. The monoisotopic (exact) mass is 364 g/mol. The number of carbonyl (C=O) groups excluding carboxylic acids is 1. The van der Waals surface area contributed by atoms with Crippen molar-refractivity contribution in [3.05, 3.63) is 34.0 Å². The minimum absolute atomic E-state index is 0.00544. The average Bonchev–Trinajstić information content (AvgIpc) is 2.86. The molecular formula is C17H24N4O5. The summed E-state index contributed by atoms with van der Waals surface area (Å²) >= 11 is 0. The lowest BCUT2D eigenvalue weighted by atomic mass is 10.1. The van der Waals surface area contributed by atoms with Crippen molar-refractivity contribution in [2.75, 3.05) is 6.61 Å². The molecule has 1 heterocycles. The fourth-order valence-corrected chi connectivity index (χ4v) is 2.42. The van der Waals surface area contributed by atoms with E-state index in [4.69, 9.17) is 9.47 Å². The summed E-state index contributed by atoms with van der Waals surface area (Å²) in [5.41, 5.74) is 0.756. The van der Waals surface area contributed by atoms with Gasteiger partial charge >= 0.3 is 6.09 Å². The van der Waals surface area contributed by atoms with E-state index in [-0.39, 0.29) is 24.9 Å². The van der Waals surface area contributed by atoms with Crippen molar-refractivity contribution < 1.29 is 19.2 Å². The molecule has 9 nitrogen and oxygen atoms in total. The summed E-state index contributed by atoms with van der Waals surface area (Å²) in [5.74, 6) is 0. The number of amides is 1. The van der Waals surface area contributed by atoms with Gasteiger partial charge in [-0.3, -0.25) is 14.8 Å². The van der Waals surface area contributed by atoms with Crippen LogP contribution in [0.2, 0.25) is 0 Å². The normalized spacial score (nSPS) is 12.8. The van der Waals surface area contributed by atoms with Gasteiger partial charge in [-0.15, -0.1) is 0 Å². The van der Waals surface area contributed by atoms with Crippen molar-refractivity contribution in [1.29, 1.82) is 0 Å². The molecule has 26 heavy (non-hydrogen) atoms. The number of ether oxygens (including phenoxy) is 2. The highest BCUT2D eigenvalue weighted by Crippen LogP contribution is 2.27. The largest absolute Gasteiger partial charge is 0.444 e. The van der Waals surface area contributed by atoms with Crippen molar-refractivity contribution in [2.45, 2.75) is 45.9 Å². The van der Waals surface area contributed by atoms with E-state index < -0.39 is 16.6 Å². The zero-order chi connectivity index (χ0) is 19.5. The van der Waals surface area contributed by atoms with Crippen LogP contribution in [0.15, 0.2) is 18.3 Å². The van der Waals surface area contributed by atoms with E-state index in [9.17, 15) is 14.9 Å². The topological polar surface area (TPSA) is 109 Å². The molecular weight excluding hydrogens is 340 g/mol. The molecule has 142 valence electrons. The first kappa shape index (κ1) is 19.6. The Morgan fingerprint density at radius 3 is 2.73 bits per heavy atom. The molecule has 0 unspecified atom stereocenters. The van der Waals surface area contributed by atoms with E-state index in [0.29, 0.717) is 16.5 Å². The van der Waals surface area contributed by atoms with Gasteiger partial charge in [0, 0.05) is 13.1 Å². The average molecular weight is 364 g/mol. The van der Waals surface area contributed by atoms with Crippen LogP contribution in [0.4, 0.5) is 10.5 Å². The van der Waals surface area contributed by atoms with Gasteiger partial charge in [0.15, 0.2) is 0 Å². The molecule has 1 aromatic carbocycles. The zero-order valence-corrected chi connectivity index (χ0v) is 15.6. The fraction of sp³-hybridized carbons (Fsp3) is 0.529. The summed E-state index contributed by atoms with van der Waals surface area (Å²) in [5, 5.41) is 18.5. The number of aromatic nitrogens is 2. The number of nitrogens with one attached hydrogen (secondary N) is 1. The SMILES string of the molecule is C[C@H](COCc1cc([N+](=O)[O-])c2cnn(C)c2c1)NC(=O)OC(C)(C)C. The minimum atomic E-state index is -0.567. The third-order valence-electron chi connectivity index (χ3n) is 3.50. The summed E-state index contributed by atoms with van der Waals surface area (Å²) in [7, 11) is 1.73. The van der Waals surface area contributed by atoms with E-state index in [1.54, 1.807) is 45.5 Å². The molecule has 0 saturated heterocycles. The molecule has 0 spiro atoms. The predicted molar refractivity (Wildman–Crippen MR) is 95.9 cm³/mol. The molecule has 0 aliphatic carbocycles. The molecule has 0 aliphatic rings. The third-order valence-corrected chi connectivity index (χ3v) is 3.50. The number of hydrogen-bond donors (Lipinski definition) is 1. The Bertz CT molecular complexity index is 809. The number of aryl methyl sites for hydroxylation is 1. The summed E-state index contributed by atoms with van der Waals surface area (Å²) in [6, 6.07) is 3.03. The first-order chi connectivity index (χ1) is 12.1. The zero-order valence-electron chi connectivity index (χ0n) is 15.6. The first-order valence-corrected chi connectivity index (χ1v) is 8.23. The lowest BCUT2D eigenvalue weighted by molar-refractivity contribution is -0.383. The quantitative estimate of drug-likeness (QED) is 0.623. The highest BCUT2D eigenvalue weighted by Gasteiger charge is 2.19. The molecule has 0 fully saturated rings. The molecule has 1 amide bonds. The van der Waals surface area contributed by atoms with Gasteiger partial charge in [-0.25, -0.2) is 4.79 Å². The minimum Gasteiger partial charge on any atom is -0.444 e. The number of nitro groups is 1. The number of benzene rings is 1. The number of rotatable bonds is 6. The maximum Gasteiger partial charge on any atom is 0.407 e. The van der Waals surface area contributed by atoms with Gasteiger partial charge in [0.25, 0.3) is 5.69 Å². The molecule has 1 N–H and O–H groups in total. The second kappa shape index (κ2) is 7.69. The molecule has 2 rings (SSSR count). The molecule has 9 heteroatoms. The number of nitro benzene ring substituents is 1. The number of nitrogens with zero attached hydrogens (tertiary/aromatic N) is 3. The fourth-order valence-electron chi connectivity index (χ4n) is 2.42. The lowest BCUT2D eigenvalue weighted by Gasteiger charge is -2.22. The molecule has 0 bridgehead atoms. The van der Waals surface area contributed by atoms with Crippen LogP contribution in [0.5, 0.6) is 0 Å². The molecule has 2 aromatic rings. The van der Waals surface area contributed by atoms with Crippen LogP contribution in [0.25, 0.3) is 10.9 Å². The maximum absolute atomic E-state index is 11.7. The number of non-ortho nitro benzene ring substituents is 1. The van der Waals surface area contributed by atoms with E-state index in [0.717, 1.165) is 0 Å². The Labute approximate surface area is 151 Å². The van der Waals surface area contributed by atoms with Crippen LogP contribution in [0.3, 0.4) is 0 Å². The predicted octanol–water partition coefficient (Wildman–Crippen LogP) is 2.91. The van der Waals surface area contributed by atoms with E-state index in [1.165, 1.54) is 12.3 Å². The second-order valence-corrected chi connectivity index (χ2v) is 7.14. The summed E-state index contributed by atoms with van der Waals surface area (Å²) in [6.07, 6.45) is 0.964. The van der Waals surface area contributed by atoms with Gasteiger partial charge in [0.1, 0.15) is 5.60 Å². The second-order valence-electron chi connectivity index (χ2n) is 7.14. The molecule has 1 aromatic heterocycles. The highest BCUT2D eigenvalue weighted by atomic mass is 16.6. The van der Waals surface area contributed by atoms with Gasteiger partial charge in [-0.1, -0.05) is 0 Å². The Balaban J connectivity index is 1.96. The highest BCUT2D eigenvalue weighted by molar-refractivity contribution is 5.88. The van der Waals surface area contributed by atoms with Gasteiger partial charge in [-0.2, -0.15) is 5.10 Å². The van der Waals surface area contributed by atoms with E-state index in [1.807, 2.05) is 0 Å². The summed E-state index contributed by atoms with van der Waals surface area (Å²) in [4.78, 5) is 22.5. The summed E-state index contributed by atoms with van der Waals surface area (Å²) < 4.78 is 12.3. The molecule has 1 atom stereocenters. The van der Waals surface area contributed by atoms with Crippen molar-refractivity contribution in [2.24, 2.45) is 7.05 Å². The Kier molecular flexibility index (Phi) is 5.81. The van der Waals surface area contributed by atoms with Crippen LogP contribution in [0.1, 0.15) is 33.3 Å². The van der Waals surface area contributed by atoms with E-state index >= 15 is 0 Å². The third kappa shape index (κ3) is 5.16. The van der Waals surface area contributed by atoms with E-state index in [2.05, 4.69) is 10.4 Å². The van der Waals surface area contributed by atoms with Crippen LogP contribution in [-0.2, 0) is 23.1 Å². The van der Waals surface area contributed by atoms with Crippen LogP contribution < -0.4 is 5.32 Å². The van der Waals surface area contributed by atoms with Crippen LogP contribution in [-0.4, -0.2) is 39.0 Å². The molecule has 0 radical (unpaired) electrons. The van der Waals surface area contributed by atoms with Crippen molar-refractivity contribution in [1.82, 2.24) is 15.1 Å². The van der Waals surface area contributed by atoms with Crippen LogP contribution in [0, 0.1) is 10.1 Å². The van der Waals surface area contributed by atoms with Gasteiger partial charge < -0.3 is 14.8 Å². The number of alkyl carbamates (subject to hydrolysis) is 1. The van der Waals surface area contributed by atoms with Crippen molar-refractivity contribution in [3.8, 4) is 0 Å². The Morgan fingerprint density at radius 1 is 1.42 bits per heavy atom. The molecule has 0 saturated carbocycles. The van der Waals surface area contributed by atoms with Crippen molar-refractivity contribution in [3.63, 3.8) is 0 Å². The number of hydrogen-bond acceptors (Lipinski definition) is 6. The number of carbonyl (C=O) groups is 1. The van der Waals surface area contributed by atoms with Crippen LogP contribution >= 0.6 is 0 Å². The standard InChI is InChI=1S/C17H24N4O5/c1-11(19-16(22)26-17(2,3)4)9-25-10-12-6-14-13(8-18-20(14)5)15(7-12)21(23)24/h6-8,11H,9-10H2,1-5H3,(H,19,22)/t11-/m1/s1. The van der Waals surface area contributed by atoms with Crippen molar-refractivity contribution >= 4 is 22.7 Å². The Hall–Kier alpha value is -2.68. The van der Waals surface area contributed by atoms with Gasteiger partial charge in [0.05, 0.1) is 41.3 Å². The van der Waals surface area contributed by atoms with Gasteiger partial charge in [0.2, 0.25) is 0 Å². The lowest BCUT2D eigenvalue weighted by Crippen LogP contribution is -2.39. The molecule has 0 aliphatic heterocycles. The first-order valence-electron chi connectivity index (χ1n) is 8.23. The maximum atomic E-state index is 11.7. The smallest absolute Gasteiger partial charge is 0.407 e.